The molecule has 144 valence electrons. The summed E-state index contributed by atoms with van der Waals surface area (Å²) in [6.45, 7) is 8.88. The summed E-state index contributed by atoms with van der Waals surface area (Å²) in [5, 5.41) is 3.16. The second-order valence-corrected chi connectivity index (χ2v) is 8.10. The van der Waals surface area contributed by atoms with Crippen LogP contribution in [0.25, 0.3) is 0 Å². The lowest BCUT2D eigenvalue weighted by Crippen LogP contribution is -2.59. The molecule has 3 heterocycles. The van der Waals surface area contributed by atoms with Gasteiger partial charge in [0, 0.05) is 30.9 Å². The van der Waals surface area contributed by atoms with Gasteiger partial charge in [0.05, 0.1) is 11.7 Å². The van der Waals surface area contributed by atoms with E-state index in [1.54, 1.807) is 0 Å². The Morgan fingerprint density at radius 2 is 1.92 bits per heavy atom. The Kier molecular flexibility index (Phi) is 5.82. The molecule has 2 aliphatic rings. The van der Waals surface area contributed by atoms with Crippen molar-refractivity contribution in [2.75, 3.05) is 46.8 Å². The third-order valence-corrected chi connectivity index (χ3v) is 6.11. The van der Waals surface area contributed by atoms with Crippen LogP contribution in [0.5, 0.6) is 0 Å². The molecule has 1 N–H and O–H groups in total. The van der Waals surface area contributed by atoms with Crippen LogP contribution < -0.4 is 5.32 Å². The van der Waals surface area contributed by atoms with Crippen LogP contribution in [0, 0.1) is 6.92 Å². The van der Waals surface area contributed by atoms with Crippen LogP contribution in [0.3, 0.4) is 0 Å². The summed E-state index contributed by atoms with van der Waals surface area (Å²) >= 11 is 0. The molecule has 2 fully saturated rings. The smallest absolute Gasteiger partial charge is 0.317 e. The van der Waals surface area contributed by atoms with Crippen molar-refractivity contribution in [2.45, 2.75) is 44.7 Å². The molecule has 0 unspecified atom stereocenters. The number of nitrogens with zero attached hydrogens (tertiary/aromatic N) is 4. The van der Waals surface area contributed by atoms with Crippen molar-refractivity contribution in [3.05, 3.63) is 29.6 Å². The van der Waals surface area contributed by atoms with Crippen molar-refractivity contribution in [3.63, 3.8) is 0 Å². The Labute approximate surface area is 157 Å². The molecular weight excluding hydrogens is 326 g/mol. The highest BCUT2D eigenvalue weighted by Crippen LogP contribution is 2.31. The largest absolute Gasteiger partial charge is 0.330 e. The highest BCUT2D eigenvalue weighted by atomic mass is 16.2. The highest BCUT2D eigenvalue weighted by Gasteiger charge is 2.41. The fourth-order valence-corrected chi connectivity index (χ4v) is 4.19. The van der Waals surface area contributed by atoms with Crippen LogP contribution in [0.2, 0.25) is 0 Å². The maximum Gasteiger partial charge on any atom is 0.317 e. The van der Waals surface area contributed by atoms with Gasteiger partial charge < -0.3 is 15.1 Å². The number of urea groups is 1. The van der Waals surface area contributed by atoms with E-state index in [1.807, 2.05) is 36.9 Å². The van der Waals surface area contributed by atoms with E-state index in [-0.39, 0.29) is 17.6 Å². The second kappa shape index (κ2) is 7.92. The number of carbonyl (C=O) groups is 1. The van der Waals surface area contributed by atoms with Gasteiger partial charge in [0.25, 0.3) is 0 Å². The van der Waals surface area contributed by atoms with Gasteiger partial charge in [-0.3, -0.25) is 9.88 Å². The van der Waals surface area contributed by atoms with E-state index in [0.29, 0.717) is 0 Å². The van der Waals surface area contributed by atoms with E-state index in [2.05, 4.69) is 34.2 Å². The Morgan fingerprint density at radius 3 is 2.62 bits per heavy atom. The topological polar surface area (TPSA) is 51.7 Å². The minimum atomic E-state index is -0.0863. The van der Waals surface area contributed by atoms with E-state index >= 15 is 0 Å². The molecule has 1 aromatic rings. The normalized spacial score (nSPS) is 22.8. The molecule has 2 saturated heterocycles. The predicted octanol–water partition coefficient (Wildman–Crippen LogP) is 2.26. The van der Waals surface area contributed by atoms with Crippen molar-refractivity contribution in [2.24, 2.45) is 0 Å². The molecule has 6 nitrogen and oxygen atoms in total. The number of aryl methyl sites for hydroxylation is 1. The molecule has 2 amide bonds. The summed E-state index contributed by atoms with van der Waals surface area (Å²) in [6, 6.07) is 5.90. The van der Waals surface area contributed by atoms with Crippen molar-refractivity contribution in [1.82, 2.24) is 25.0 Å². The van der Waals surface area contributed by atoms with Crippen LogP contribution in [-0.2, 0) is 0 Å². The molecule has 2 aliphatic heterocycles. The fraction of sp³-hybridized carbons (Fsp3) is 0.700. The Bertz CT molecular complexity index is 626. The van der Waals surface area contributed by atoms with E-state index in [4.69, 9.17) is 0 Å². The summed E-state index contributed by atoms with van der Waals surface area (Å²) < 4.78 is 0. The SMILES string of the molecule is Cc1cccc([C@H](C)NC(=O)N2CCCN(C)C3(CCN(C)CC3)C2)n1. The number of aromatic nitrogens is 1. The van der Waals surface area contributed by atoms with Gasteiger partial charge in [0.15, 0.2) is 0 Å². The summed E-state index contributed by atoms with van der Waals surface area (Å²) in [5.74, 6) is 0. The molecule has 1 aromatic heterocycles. The van der Waals surface area contributed by atoms with Gasteiger partial charge in [-0.05, 0) is 72.4 Å². The molecule has 0 aromatic carbocycles. The molecule has 3 rings (SSSR count). The first-order valence-electron chi connectivity index (χ1n) is 9.78. The van der Waals surface area contributed by atoms with E-state index in [9.17, 15) is 4.79 Å². The molecule has 1 spiro atoms. The highest BCUT2D eigenvalue weighted by molar-refractivity contribution is 5.74. The van der Waals surface area contributed by atoms with E-state index < -0.39 is 0 Å². The zero-order valence-electron chi connectivity index (χ0n) is 16.7. The van der Waals surface area contributed by atoms with Crippen molar-refractivity contribution < 1.29 is 4.79 Å². The van der Waals surface area contributed by atoms with Crippen molar-refractivity contribution in [1.29, 1.82) is 0 Å². The molecular formula is C20H33N5O. The first-order chi connectivity index (χ1) is 12.4. The lowest BCUT2D eigenvalue weighted by Gasteiger charge is -2.47. The quantitative estimate of drug-likeness (QED) is 0.880. The first kappa shape index (κ1) is 19.1. The number of hydrogen-bond donors (Lipinski definition) is 1. The average Bonchev–Trinajstić information content (AvgIpc) is 2.77. The molecule has 0 radical (unpaired) electrons. The van der Waals surface area contributed by atoms with Crippen LogP contribution in [0.15, 0.2) is 18.2 Å². The zero-order valence-corrected chi connectivity index (χ0v) is 16.7. The van der Waals surface area contributed by atoms with Gasteiger partial charge >= 0.3 is 6.03 Å². The molecule has 1 atom stereocenters. The Hall–Kier alpha value is -1.66. The number of likely N-dealkylation sites (N-methyl/N-ethyl adjacent to an activating group) is 1. The number of nitrogens with one attached hydrogen (secondary N) is 1. The summed E-state index contributed by atoms with van der Waals surface area (Å²) in [4.78, 5) is 24.4. The zero-order chi connectivity index (χ0) is 18.7. The fourth-order valence-electron chi connectivity index (χ4n) is 4.19. The molecule has 26 heavy (non-hydrogen) atoms. The number of likely N-dealkylation sites (tertiary alicyclic amines) is 1. The van der Waals surface area contributed by atoms with Gasteiger partial charge in [-0.15, -0.1) is 0 Å². The minimum Gasteiger partial charge on any atom is -0.330 e. The summed E-state index contributed by atoms with van der Waals surface area (Å²) in [6.07, 6.45) is 3.27. The van der Waals surface area contributed by atoms with Gasteiger partial charge in [-0.25, -0.2) is 4.79 Å². The lowest BCUT2D eigenvalue weighted by molar-refractivity contribution is 0.0410. The van der Waals surface area contributed by atoms with Crippen molar-refractivity contribution >= 4 is 6.03 Å². The Balaban J connectivity index is 1.68. The molecule has 6 heteroatoms. The second-order valence-electron chi connectivity index (χ2n) is 8.10. The maximum absolute atomic E-state index is 13.0. The summed E-state index contributed by atoms with van der Waals surface area (Å²) in [5.41, 5.74) is 2.01. The van der Waals surface area contributed by atoms with Crippen molar-refractivity contribution in [3.8, 4) is 0 Å². The maximum atomic E-state index is 13.0. The monoisotopic (exact) mass is 359 g/mol. The average molecular weight is 360 g/mol. The summed E-state index contributed by atoms with van der Waals surface area (Å²) in [7, 11) is 4.41. The van der Waals surface area contributed by atoms with E-state index in [1.165, 1.54) is 0 Å². The van der Waals surface area contributed by atoms with Crippen LogP contribution in [-0.4, -0.2) is 78.1 Å². The lowest BCUT2D eigenvalue weighted by atomic mass is 9.85. The standard InChI is InChI=1S/C20H33N5O/c1-16-7-5-8-18(21-16)17(2)22-19(26)25-12-6-11-24(4)20(15-25)9-13-23(3)14-10-20/h5,7-8,17H,6,9-15H2,1-4H3,(H,22,26)/t17-/m0/s1. The van der Waals surface area contributed by atoms with E-state index in [0.717, 1.165) is 63.4 Å². The number of amides is 2. The number of carbonyl (C=O) groups excluding carboxylic acids is 1. The van der Waals surface area contributed by atoms with Crippen LogP contribution in [0.1, 0.15) is 43.6 Å². The minimum absolute atomic E-state index is 0.0365. The van der Waals surface area contributed by atoms with Gasteiger partial charge in [-0.1, -0.05) is 6.07 Å². The van der Waals surface area contributed by atoms with Crippen LogP contribution in [0.4, 0.5) is 4.79 Å². The predicted molar refractivity (Wildman–Crippen MR) is 104 cm³/mol. The molecule has 0 bridgehead atoms. The van der Waals surface area contributed by atoms with Gasteiger partial charge in [-0.2, -0.15) is 0 Å². The number of hydrogen-bond acceptors (Lipinski definition) is 4. The third-order valence-electron chi connectivity index (χ3n) is 6.11. The van der Waals surface area contributed by atoms with Gasteiger partial charge in [0.2, 0.25) is 0 Å². The van der Waals surface area contributed by atoms with Gasteiger partial charge in [0.1, 0.15) is 0 Å². The third kappa shape index (κ3) is 4.18. The first-order valence-corrected chi connectivity index (χ1v) is 9.78. The molecule has 0 saturated carbocycles. The number of pyridine rings is 1. The molecule has 0 aliphatic carbocycles. The van der Waals surface area contributed by atoms with Crippen LogP contribution >= 0.6 is 0 Å². The number of rotatable bonds is 2. The number of piperidine rings is 1. The Morgan fingerprint density at radius 1 is 1.19 bits per heavy atom.